The SMILES string of the molecule is COCCN(CCC(C)C)C12CCC(c3ccccc3)(CC1)[C@H](O)C2. The molecule has 0 amide bonds. The van der Waals surface area contributed by atoms with Gasteiger partial charge in [-0.3, -0.25) is 4.90 Å². The van der Waals surface area contributed by atoms with E-state index in [1.54, 1.807) is 7.11 Å². The van der Waals surface area contributed by atoms with Gasteiger partial charge in [0.05, 0.1) is 12.7 Å². The largest absolute Gasteiger partial charge is 0.392 e. The Kier molecular flexibility index (Phi) is 5.87. The number of hydrogen-bond acceptors (Lipinski definition) is 3. The Labute approximate surface area is 153 Å². The van der Waals surface area contributed by atoms with E-state index >= 15 is 0 Å². The Hall–Kier alpha value is -0.900. The third kappa shape index (κ3) is 3.65. The van der Waals surface area contributed by atoms with Crippen molar-refractivity contribution in [2.45, 2.75) is 69.4 Å². The van der Waals surface area contributed by atoms with Gasteiger partial charge in [0.25, 0.3) is 0 Å². The highest BCUT2D eigenvalue weighted by molar-refractivity contribution is 5.31. The number of hydrogen-bond donors (Lipinski definition) is 1. The van der Waals surface area contributed by atoms with E-state index in [2.05, 4.69) is 49.1 Å². The maximum absolute atomic E-state index is 11.2. The van der Waals surface area contributed by atoms with Gasteiger partial charge in [0.15, 0.2) is 0 Å². The molecule has 2 bridgehead atoms. The molecule has 140 valence electrons. The zero-order valence-electron chi connectivity index (χ0n) is 16.2. The number of methoxy groups -OCH3 is 1. The van der Waals surface area contributed by atoms with Crippen LogP contribution >= 0.6 is 0 Å². The second-order valence-corrected chi connectivity index (χ2v) is 8.63. The van der Waals surface area contributed by atoms with Gasteiger partial charge in [-0.2, -0.15) is 0 Å². The van der Waals surface area contributed by atoms with E-state index < -0.39 is 0 Å². The lowest BCUT2D eigenvalue weighted by molar-refractivity contribution is -0.104. The van der Waals surface area contributed by atoms with Crippen molar-refractivity contribution in [2.24, 2.45) is 5.92 Å². The number of aliphatic hydroxyl groups excluding tert-OH is 1. The van der Waals surface area contributed by atoms with E-state index in [9.17, 15) is 5.11 Å². The Morgan fingerprint density at radius 2 is 1.80 bits per heavy atom. The lowest BCUT2D eigenvalue weighted by Gasteiger charge is -2.60. The van der Waals surface area contributed by atoms with Crippen LogP contribution in [0.15, 0.2) is 30.3 Å². The Morgan fingerprint density at radius 1 is 1.12 bits per heavy atom. The first-order valence-electron chi connectivity index (χ1n) is 10.00. The van der Waals surface area contributed by atoms with Crippen molar-refractivity contribution in [3.05, 3.63) is 35.9 Å². The smallest absolute Gasteiger partial charge is 0.0654 e. The third-order valence-electron chi connectivity index (χ3n) is 6.85. The van der Waals surface area contributed by atoms with Crippen molar-refractivity contribution in [2.75, 3.05) is 26.8 Å². The third-order valence-corrected chi connectivity index (χ3v) is 6.85. The molecular weight excluding hydrogens is 310 g/mol. The minimum absolute atomic E-state index is 0.0199. The van der Waals surface area contributed by atoms with Crippen LogP contribution in [0.5, 0.6) is 0 Å². The van der Waals surface area contributed by atoms with Crippen molar-refractivity contribution in [3.8, 4) is 0 Å². The minimum atomic E-state index is -0.235. The van der Waals surface area contributed by atoms with Crippen molar-refractivity contribution in [1.29, 1.82) is 0 Å². The molecule has 0 spiro atoms. The van der Waals surface area contributed by atoms with Crippen LogP contribution in [0.3, 0.4) is 0 Å². The molecule has 3 nitrogen and oxygen atoms in total. The second-order valence-electron chi connectivity index (χ2n) is 8.63. The molecule has 3 fully saturated rings. The van der Waals surface area contributed by atoms with E-state index in [-0.39, 0.29) is 17.1 Å². The normalized spacial score (nSPS) is 31.8. The van der Waals surface area contributed by atoms with Gasteiger partial charge in [-0.05, 0) is 56.6 Å². The number of benzene rings is 1. The number of nitrogens with zero attached hydrogens (tertiary/aromatic N) is 1. The van der Waals surface area contributed by atoms with E-state index in [1.807, 2.05) is 0 Å². The molecule has 25 heavy (non-hydrogen) atoms. The summed E-state index contributed by atoms with van der Waals surface area (Å²) < 4.78 is 5.38. The quantitative estimate of drug-likeness (QED) is 0.773. The number of aliphatic hydroxyl groups is 1. The minimum Gasteiger partial charge on any atom is -0.392 e. The molecule has 0 aromatic heterocycles. The molecule has 1 aromatic carbocycles. The van der Waals surface area contributed by atoms with Gasteiger partial charge in [-0.1, -0.05) is 44.2 Å². The van der Waals surface area contributed by atoms with Crippen molar-refractivity contribution < 1.29 is 9.84 Å². The monoisotopic (exact) mass is 345 g/mol. The molecule has 1 atom stereocenters. The molecule has 3 saturated carbocycles. The van der Waals surface area contributed by atoms with Crippen LogP contribution in [0.2, 0.25) is 0 Å². The summed E-state index contributed by atoms with van der Waals surface area (Å²) in [6.07, 6.45) is 6.48. The fourth-order valence-corrected chi connectivity index (χ4v) is 5.15. The molecule has 0 aliphatic heterocycles. The Morgan fingerprint density at radius 3 is 2.36 bits per heavy atom. The van der Waals surface area contributed by atoms with E-state index in [0.29, 0.717) is 5.92 Å². The highest BCUT2D eigenvalue weighted by Crippen LogP contribution is 2.55. The molecule has 0 unspecified atom stereocenters. The van der Waals surface area contributed by atoms with Crippen LogP contribution in [0.1, 0.15) is 57.9 Å². The van der Waals surface area contributed by atoms with Crippen LogP contribution in [-0.2, 0) is 10.2 Å². The first-order valence-corrected chi connectivity index (χ1v) is 10.00. The molecule has 3 aliphatic carbocycles. The molecule has 1 aromatic rings. The molecule has 0 radical (unpaired) electrons. The maximum Gasteiger partial charge on any atom is 0.0654 e. The molecule has 3 heteroatoms. The molecule has 1 N–H and O–H groups in total. The van der Waals surface area contributed by atoms with Gasteiger partial charge in [0.2, 0.25) is 0 Å². The van der Waals surface area contributed by atoms with E-state index in [4.69, 9.17) is 4.74 Å². The fraction of sp³-hybridized carbons (Fsp3) is 0.727. The molecule has 0 saturated heterocycles. The van der Waals surface area contributed by atoms with Crippen molar-refractivity contribution >= 4 is 0 Å². The van der Waals surface area contributed by atoms with Crippen LogP contribution < -0.4 is 0 Å². The highest BCUT2D eigenvalue weighted by atomic mass is 16.5. The molecule has 0 heterocycles. The van der Waals surface area contributed by atoms with Crippen molar-refractivity contribution in [3.63, 3.8) is 0 Å². The summed E-state index contributed by atoms with van der Waals surface area (Å²) in [7, 11) is 1.79. The van der Waals surface area contributed by atoms with Crippen LogP contribution in [-0.4, -0.2) is 48.5 Å². The lowest BCUT2D eigenvalue weighted by atomic mass is 9.53. The van der Waals surface area contributed by atoms with Crippen LogP contribution in [0.25, 0.3) is 0 Å². The predicted octanol–water partition coefficient (Wildman–Crippen LogP) is 4.00. The Balaban J connectivity index is 1.78. The highest BCUT2D eigenvalue weighted by Gasteiger charge is 2.56. The number of ether oxygens (including phenoxy) is 1. The summed E-state index contributed by atoms with van der Waals surface area (Å²) >= 11 is 0. The number of fused-ring (bicyclic) bond motifs is 3. The summed E-state index contributed by atoms with van der Waals surface area (Å²) in [5.74, 6) is 0.710. The predicted molar refractivity (Wildman–Crippen MR) is 103 cm³/mol. The molecular formula is C22H35NO2. The summed E-state index contributed by atoms with van der Waals surface area (Å²) in [4.78, 5) is 2.65. The zero-order valence-corrected chi connectivity index (χ0v) is 16.2. The summed E-state index contributed by atoms with van der Waals surface area (Å²) in [6.45, 7) is 7.46. The van der Waals surface area contributed by atoms with E-state index in [0.717, 1.165) is 39.0 Å². The summed E-state index contributed by atoms with van der Waals surface area (Å²) in [5.41, 5.74) is 1.48. The zero-order chi connectivity index (χ0) is 17.9. The lowest BCUT2D eigenvalue weighted by Crippen LogP contribution is -2.64. The first kappa shape index (κ1) is 18.9. The van der Waals surface area contributed by atoms with Gasteiger partial charge >= 0.3 is 0 Å². The summed E-state index contributed by atoms with van der Waals surface area (Å²) in [6, 6.07) is 10.7. The molecule has 3 aliphatic rings. The topological polar surface area (TPSA) is 32.7 Å². The standard InChI is InChI=1S/C22H35NO2/c1-18(2)9-14-23(15-16-25-3)21-10-12-22(13-11-21,20(24)17-21)19-7-5-4-6-8-19/h4-8,18,20,24H,9-17H2,1-3H3/t20-,21?,22?/m1/s1. The van der Waals surface area contributed by atoms with Gasteiger partial charge < -0.3 is 9.84 Å². The van der Waals surface area contributed by atoms with Gasteiger partial charge in [-0.25, -0.2) is 0 Å². The average Bonchev–Trinajstić information content (AvgIpc) is 2.63. The Bertz CT molecular complexity index is 534. The maximum atomic E-state index is 11.2. The summed E-state index contributed by atoms with van der Waals surface area (Å²) in [5, 5.41) is 11.2. The van der Waals surface area contributed by atoms with Crippen LogP contribution in [0.4, 0.5) is 0 Å². The van der Waals surface area contributed by atoms with Crippen LogP contribution in [0, 0.1) is 5.92 Å². The number of rotatable bonds is 8. The first-order chi connectivity index (χ1) is 12.0. The van der Waals surface area contributed by atoms with E-state index in [1.165, 1.54) is 24.8 Å². The fourth-order valence-electron chi connectivity index (χ4n) is 5.15. The second kappa shape index (κ2) is 7.77. The van der Waals surface area contributed by atoms with Gasteiger partial charge in [0.1, 0.15) is 0 Å². The van der Waals surface area contributed by atoms with Gasteiger partial charge in [-0.15, -0.1) is 0 Å². The van der Waals surface area contributed by atoms with Gasteiger partial charge in [0, 0.05) is 24.6 Å². The molecule has 4 rings (SSSR count). The van der Waals surface area contributed by atoms with Crippen molar-refractivity contribution in [1.82, 2.24) is 4.90 Å². The average molecular weight is 346 g/mol.